The SMILES string of the molecule is C=C1C(C)=CC(C)(C)C=C1/C(S)=C/C(C)(C)/C=C(/C)CC. The molecule has 0 bridgehead atoms. The molecule has 0 radical (unpaired) electrons. The second kappa shape index (κ2) is 6.44. The molecule has 0 saturated carbocycles. The minimum absolute atomic E-state index is 0.00247. The fraction of sp³-hybridized carbons (Fsp3) is 0.500. The van der Waals surface area contributed by atoms with Crippen LogP contribution in [0, 0.1) is 10.8 Å². The zero-order chi connectivity index (χ0) is 16.4. The van der Waals surface area contributed by atoms with Crippen LogP contribution in [0.5, 0.6) is 0 Å². The lowest BCUT2D eigenvalue weighted by Crippen LogP contribution is -2.13. The van der Waals surface area contributed by atoms with Crippen molar-refractivity contribution >= 4 is 12.6 Å². The van der Waals surface area contributed by atoms with Gasteiger partial charge in [-0.05, 0) is 37.0 Å². The van der Waals surface area contributed by atoms with E-state index in [1.807, 2.05) is 0 Å². The standard InChI is InChI=1S/C20H30S/c1-9-14(2)10-19(5,6)13-18(21)17-12-20(7,8)11-15(3)16(17)4/h10-13,21H,4,9H2,1-3,5-8H3/b14-10-,18-13-. The summed E-state index contributed by atoms with van der Waals surface area (Å²) in [5.41, 5.74) is 4.96. The van der Waals surface area contributed by atoms with E-state index >= 15 is 0 Å². The zero-order valence-electron chi connectivity index (χ0n) is 14.7. The molecule has 0 aromatic carbocycles. The molecule has 0 spiro atoms. The van der Waals surface area contributed by atoms with Crippen molar-refractivity contribution in [3.05, 3.63) is 58.1 Å². The summed E-state index contributed by atoms with van der Waals surface area (Å²) in [5.74, 6) is 0. The lowest BCUT2D eigenvalue weighted by Gasteiger charge is -2.28. The van der Waals surface area contributed by atoms with E-state index in [0.717, 1.165) is 16.9 Å². The van der Waals surface area contributed by atoms with Crippen molar-refractivity contribution in [2.24, 2.45) is 10.8 Å². The van der Waals surface area contributed by atoms with Crippen LogP contribution in [0.2, 0.25) is 0 Å². The highest BCUT2D eigenvalue weighted by Crippen LogP contribution is 2.39. The van der Waals surface area contributed by atoms with E-state index in [9.17, 15) is 0 Å². The number of hydrogen-bond donors (Lipinski definition) is 1. The molecule has 0 fully saturated rings. The second-order valence-electron chi connectivity index (χ2n) is 7.38. The predicted octanol–water partition coefficient (Wildman–Crippen LogP) is 6.65. The van der Waals surface area contributed by atoms with Crippen LogP contribution in [0.1, 0.15) is 54.9 Å². The third-order valence-electron chi connectivity index (χ3n) is 3.87. The average molecular weight is 303 g/mol. The van der Waals surface area contributed by atoms with Crippen molar-refractivity contribution in [3.8, 4) is 0 Å². The molecule has 0 N–H and O–H groups in total. The van der Waals surface area contributed by atoms with Gasteiger partial charge in [0.25, 0.3) is 0 Å². The smallest absolute Gasteiger partial charge is 0.00840 e. The Morgan fingerprint density at radius 2 is 1.86 bits per heavy atom. The highest BCUT2D eigenvalue weighted by molar-refractivity contribution is 7.84. The highest BCUT2D eigenvalue weighted by Gasteiger charge is 2.23. The van der Waals surface area contributed by atoms with E-state index in [2.05, 4.69) is 79.3 Å². The zero-order valence-corrected chi connectivity index (χ0v) is 15.6. The maximum Gasteiger partial charge on any atom is 0.00840 e. The van der Waals surface area contributed by atoms with Crippen LogP contribution in [0.3, 0.4) is 0 Å². The normalized spacial score (nSPS) is 20.3. The molecule has 1 heteroatoms. The van der Waals surface area contributed by atoms with E-state index < -0.39 is 0 Å². The molecule has 1 aliphatic carbocycles. The monoisotopic (exact) mass is 302 g/mol. The molecule has 0 aromatic rings. The van der Waals surface area contributed by atoms with Crippen LogP contribution < -0.4 is 0 Å². The van der Waals surface area contributed by atoms with Gasteiger partial charge in [-0.3, -0.25) is 0 Å². The van der Waals surface area contributed by atoms with Crippen LogP contribution in [0.25, 0.3) is 0 Å². The first kappa shape index (κ1) is 18.1. The third-order valence-corrected chi connectivity index (χ3v) is 4.24. The molecule has 0 nitrogen and oxygen atoms in total. The number of hydrogen-bond acceptors (Lipinski definition) is 1. The van der Waals surface area contributed by atoms with Gasteiger partial charge in [-0.2, -0.15) is 0 Å². The van der Waals surface area contributed by atoms with Crippen molar-refractivity contribution in [1.82, 2.24) is 0 Å². The van der Waals surface area contributed by atoms with Gasteiger partial charge in [0.2, 0.25) is 0 Å². The molecule has 1 rings (SSSR count). The number of thiol groups is 1. The molecule has 0 unspecified atom stereocenters. The molecule has 0 saturated heterocycles. The Morgan fingerprint density at radius 3 is 2.38 bits per heavy atom. The van der Waals surface area contributed by atoms with Crippen LogP contribution in [0.15, 0.2) is 58.1 Å². The molecule has 0 aromatic heterocycles. The molecule has 21 heavy (non-hydrogen) atoms. The van der Waals surface area contributed by atoms with Crippen LogP contribution in [-0.4, -0.2) is 0 Å². The first-order valence-electron chi connectivity index (χ1n) is 7.70. The van der Waals surface area contributed by atoms with Crippen LogP contribution >= 0.6 is 12.6 Å². The minimum atomic E-state index is -0.00247. The van der Waals surface area contributed by atoms with Crippen molar-refractivity contribution in [1.29, 1.82) is 0 Å². The van der Waals surface area contributed by atoms with E-state index in [-0.39, 0.29) is 10.8 Å². The van der Waals surface area contributed by atoms with Crippen molar-refractivity contribution in [3.63, 3.8) is 0 Å². The van der Waals surface area contributed by atoms with Gasteiger partial charge in [-0.1, -0.05) is 71.1 Å². The lowest BCUT2D eigenvalue weighted by atomic mass is 9.79. The summed E-state index contributed by atoms with van der Waals surface area (Å²) in [5, 5.41) is 0. The summed E-state index contributed by atoms with van der Waals surface area (Å²) in [6, 6.07) is 0. The molecule has 116 valence electrons. The van der Waals surface area contributed by atoms with E-state index in [1.165, 1.54) is 16.7 Å². The Bertz CT molecular complexity index is 548. The quantitative estimate of drug-likeness (QED) is 0.436. The average Bonchev–Trinajstić information content (AvgIpc) is 2.31. The van der Waals surface area contributed by atoms with Crippen LogP contribution in [0.4, 0.5) is 0 Å². The molecule has 0 heterocycles. The Labute approximate surface area is 136 Å². The first-order valence-corrected chi connectivity index (χ1v) is 8.14. The van der Waals surface area contributed by atoms with Gasteiger partial charge >= 0.3 is 0 Å². The summed E-state index contributed by atoms with van der Waals surface area (Å²) < 4.78 is 0. The number of rotatable bonds is 4. The summed E-state index contributed by atoms with van der Waals surface area (Å²) in [6.07, 6.45) is 10.2. The van der Waals surface area contributed by atoms with E-state index in [1.54, 1.807) is 0 Å². The second-order valence-corrected chi connectivity index (χ2v) is 7.86. The van der Waals surface area contributed by atoms with Gasteiger partial charge < -0.3 is 0 Å². The molecule has 0 aliphatic heterocycles. The summed E-state index contributed by atoms with van der Waals surface area (Å²) in [4.78, 5) is 1.02. The molecular formula is C20H30S. The minimum Gasteiger partial charge on any atom is -0.143 e. The first-order chi connectivity index (χ1) is 9.47. The molecule has 1 aliphatic rings. The molecule has 0 atom stereocenters. The molecular weight excluding hydrogens is 272 g/mol. The van der Waals surface area contributed by atoms with Crippen LogP contribution in [-0.2, 0) is 0 Å². The van der Waals surface area contributed by atoms with Gasteiger partial charge in [0.15, 0.2) is 0 Å². The van der Waals surface area contributed by atoms with Crippen molar-refractivity contribution in [2.45, 2.75) is 54.9 Å². The maximum atomic E-state index is 4.77. The lowest BCUT2D eigenvalue weighted by molar-refractivity contribution is 0.606. The van der Waals surface area contributed by atoms with Gasteiger partial charge in [0.05, 0.1) is 0 Å². The predicted molar refractivity (Wildman–Crippen MR) is 99.7 cm³/mol. The highest BCUT2D eigenvalue weighted by atomic mass is 32.1. The number of allylic oxidation sites excluding steroid dienone is 8. The Balaban J connectivity index is 3.19. The van der Waals surface area contributed by atoms with Gasteiger partial charge in [0.1, 0.15) is 0 Å². The van der Waals surface area contributed by atoms with E-state index in [0.29, 0.717) is 0 Å². The third kappa shape index (κ3) is 5.07. The largest absolute Gasteiger partial charge is 0.143 e. The Morgan fingerprint density at radius 1 is 1.29 bits per heavy atom. The van der Waals surface area contributed by atoms with Crippen molar-refractivity contribution < 1.29 is 0 Å². The fourth-order valence-electron chi connectivity index (χ4n) is 2.80. The molecule has 0 amide bonds. The topological polar surface area (TPSA) is 0 Å². The summed E-state index contributed by atoms with van der Waals surface area (Å²) in [6.45, 7) is 19.6. The Kier molecular flexibility index (Phi) is 5.55. The Hall–Kier alpha value is -0.950. The van der Waals surface area contributed by atoms with Gasteiger partial charge in [0, 0.05) is 15.7 Å². The summed E-state index contributed by atoms with van der Waals surface area (Å²) in [7, 11) is 0. The summed E-state index contributed by atoms with van der Waals surface area (Å²) >= 11 is 4.77. The van der Waals surface area contributed by atoms with Gasteiger partial charge in [-0.15, -0.1) is 12.6 Å². The van der Waals surface area contributed by atoms with Gasteiger partial charge in [-0.25, -0.2) is 0 Å². The maximum absolute atomic E-state index is 4.77. The fourth-order valence-corrected chi connectivity index (χ4v) is 3.33. The van der Waals surface area contributed by atoms with E-state index in [4.69, 9.17) is 12.6 Å². The van der Waals surface area contributed by atoms with Crippen molar-refractivity contribution in [2.75, 3.05) is 0 Å².